The third-order valence-electron chi connectivity index (χ3n) is 5.33. The molecule has 4 rings (SSSR count). The summed E-state index contributed by atoms with van der Waals surface area (Å²) < 4.78 is 0. The molecule has 0 bridgehead atoms. The quantitative estimate of drug-likeness (QED) is 0.847. The van der Waals surface area contributed by atoms with Crippen molar-refractivity contribution in [3.8, 4) is 0 Å². The van der Waals surface area contributed by atoms with Crippen LogP contribution < -0.4 is 4.90 Å². The summed E-state index contributed by atoms with van der Waals surface area (Å²) in [5.41, 5.74) is 4.02. The number of carbonyl (C=O) groups excluding carboxylic acids is 1. The zero-order valence-electron chi connectivity index (χ0n) is 14.8. The van der Waals surface area contributed by atoms with Crippen molar-refractivity contribution < 1.29 is 4.79 Å². The Balaban J connectivity index is 1.31. The van der Waals surface area contributed by atoms with Gasteiger partial charge in [0.15, 0.2) is 0 Å². The lowest BCUT2D eigenvalue weighted by atomic mass is 10.1. The highest BCUT2D eigenvalue weighted by Gasteiger charge is 2.25. The fraction of sp³-hybridized carbons (Fsp3) is 0.450. The van der Waals surface area contributed by atoms with E-state index in [1.165, 1.54) is 21.7 Å². The van der Waals surface area contributed by atoms with Gasteiger partial charge in [-0.1, -0.05) is 18.2 Å². The Morgan fingerprint density at radius 3 is 2.68 bits per heavy atom. The van der Waals surface area contributed by atoms with Gasteiger partial charge in [0.2, 0.25) is 5.91 Å². The van der Waals surface area contributed by atoms with Crippen LogP contribution in [0.15, 0.2) is 35.7 Å². The molecule has 25 heavy (non-hydrogen) atoms. The maximum atomic E-state index is 12.7. The summed E-state index contributed by atoms with van der Waals surface area (Å²) in [6.45, 7) is 8.13. The molecule has 132 valence electrons. The number of hydrogen-bond donors (Lipinski definition) is 0. The van der Waals surface area contributed by atoms with Crippen molar-refractivity contribution in [3.63, 3.8) is 0 Å². The molecule has 1 fully saturated rings. The second kappa shape index (κ2) is 7.18. The molecule has 0 atom stereocenters. The Bertz CT molecular complexity index is 749. The smallest absolute Gasteiger partial charge is 0.236 e. The zero-order chi connectivity index (χ0) is 17.2. The molecule has 0 radical (unpaired) electrons. The lowest BCUT2D eigenvalue weighted by Crippen LogP contribution is -2.51. The van der Waals surface area contributed by atoms with Crippen molar-refractivity contribution in [3.05, 3.63) is 51.7 Å². The summed E-state index contributed by atoms with van der Waals surface area (Å²) in [5.74, 6) is 0.281. The van der Waals surface area contributed by atoms with E-state index in [0.29, 0.717) is 6.54 Å². The molecule has 2 aliphatic rings. The largest absolute Gasteiger partial charge is 0.368 e. The predicted octanol–water partition coefficient (Wildman–Crippen LogP) is 2.76. The Hall–Kier alpha value is -1.85. The Morgan fingerprint density at radius 1 is 1.08 bits per heavy atom. The van der Waals surface area contributed by atoms with Crippen molar-refractivity contribution in [1.29, 1.82) is 0 Å². The predicted molar refractivity (Wildman–Crippen MR) is 103 cm³/mol. The minimum atomic E-state index is 0.281. The van der Waals surface area contributed by atoms with Crippen LogP contribution in [0.25, 0.3) is 0 Å². The maximum absolute atomic E-state index is 12.7. The number of anilines is 1. The van der Waals surface area contributed by atoms with E-state index in [2.05, 4.69) is 52.4 Å². The van der Waals surface area contributed by atoms with E-state index in [-0.39, 0.29) is 5.91 Å². The molecule has 1 saturated heterocycles. The fourth-order valence-corrected chi connectivity index (χ4v) is 4.74. The van der Waals surface area contributed by atoms with E-state index < -0.39 is 0 Å². The van der Waals surface area contributed by atoms with Crippen LogP contribution in [0, 0.1) is 6.92 Å². The van der Waals surface area contributed by atoms with Crippen molar-refractivity contribution in [2.24, 2.45) is 0 Å². The molecule has 0 saturated carbocycles. The van der Waals surface area contributed by atoms with Gasteiger partial charge in [0, 0.05) is 49.8 Å². The fourth-order valence-electron chi connectivity index (χ4n) is 3.85. The first-order valence-corrected chi connectivity index (χ1v) is 9.94. The Morgan fingerprint density at radius 2 is 1.88 bits per heavy atom. The summed E-state index contributed by atoms with van der Waals surface area (Å²) >= 11 is 1.85. The molecule has 1 amide bonds. The molecule has 3 heterocycles. The Kier molecular flexibility index (Phi) is 4.77. The molecule has 2 aromatic rings. The van der Waals surface area contributed by atoms with Crippen LogP contribution in [0.2, 0.25) is 0 Å². The maximum Gasteiger partial charge on any atom is 0.236 e. The van der Waals surface area contributed by atoms with Crippen molar-refractivity contribution in [2.75, 3.05) is 44.2 Å². The van der Waals surface area contributed by atoms with Gasteiger partial charge in [0.25, 0.3) is 0 Å². The van der Waals surface area contributed by atoms with Gasteiger partial charge in [-0.3, -0.25) is 9.69 Å². The van der Waals surface area contributed by atoms with Crippen LogP contribution in [0.1, 0.15) is 16.0 Å². The first kappa shape index (κ1) is 16.6. The van der Waals surface area contributed by atoms with E-state index >= 15 is 0 Å². The van der Waals surface area contributed by atoms with Crippen LogP contribution in [-0.2, 0) is 17.8 Å². The normalized spacial score (nSPS) is 18.3. The van der Waals surface area contributed by atoms with Crippen LogP contribution in [0.3, 0.4) is 0 Å². The van der Waals surface area contributed by atoms with E-state index in [4.69, 9.17) is 0 Å². The van der Waals surface area contributed by atoms with E-state index in [9.17, 15) is 4.79 Å². The van der Waals surface area contributed by atoms with Crippen molar-refractivity contribution in [2.45, 2.75) is 19.9 Å². The lowest BCUT2D eigenvalue weighted by Gasteiger charge is -2.38. The molecule has 2 aliphatic heterocycles. The number of rotatable bonds is 3. The number of piperazine rings is 1. The number of thiophene rings is 1. The SMILES string of the molecule is Cc1ccccc1N1CCN(C(=O)CN2CCc3sccc3C2)CC1. The third-order valence-corrected chi connectivity index (χ3v) is 6.36. The van der Waals surface area contributed by atoms with Gasteiger partial charge in [-0.25, -0.2) is 0 Å². The minimum Gasteiger partial charge on any atom is -0.368 e. The molecule has 5 heteroatoms. The monoisotopic (exact) mass is 355 g/mol. The third kappa shape index (κ3) is 3.58. The average Bonchev–Trinajstić information content (AvgIpc) is 3.10. The van der Waals surface area contributed by atoms with E-state index in [1.54, 1.807) is 0 Å². The Labute approximate surface area is 153 Å². The minimum absolute atomic E-state index is 0.281. The zero-order valence-corrected chi connectivity index (χ0v) is 15.6. The summed E-state index contributed by atoms with van der Waals surface area (Å²) in [6, 6.07) is 10.7. The van der Waals surface area contributed by atoms with Crippen LogP contribution in [0.4, 0.5) is 5.69 Å². The number of carbonyl (C=O) groups is 1. The summed E-state index contributed by atoms with van der Waals surface area (Å²) in [5, 5.41) is 2.17. The molecular weight excluding hydrogens is 330 g/mol. The molecular formula is C20H25N3OS. The first-order valence-electron chi connectivity index (χ1n) is 9.06. The summed E-state index contributed by atoms with van der Waals surface area (Å²) in [6.07, 6.45) is 1.08. The average molecular weight is 356 g/mol. The van der Waals surface area contributed by atoms with Gasteiger partial charge in [-0.15, -0.1) is 11.3 Å². The number of amides is 1. The number of benzene rings is 1. The van der Waals surface area contributed by atoms with E-state index in [0.717, 1.165) is 45.7 Å². The standard InChI is InChI=1S/C20H25N3OS/c1-16-4-2-3-5-18(16)22-9-11-23(12-10-22)20(24)15-21-8-6-19-17(14-21)7-13-25-19/h2-5,7,13H,6,8-12,14-15H2,1H3. The van der Waals surface area contributed by atoms with Crippen LogP contribution in [-0.4, -0.2) is 55.0 Å². The highest BCUT2D eigenvalue weighted by Crippen LogP contribution is 2.24. The molecule has 0 N–H and O–H groups in total. The molecule has 0 aliphatic carbocycles. The van der Waals surface area contributed by atoms with Gasteiger partial charge in [-0.2, -0.15) is 0 Å². The van der Waals surface area contributed by atoms with Gasteiger partial charge in [-0.05, 0) is 42.0 Å². The number of para-hydroxylation sites is 1. The number of fused-ring (bicyclic) bond motifs is 1. The van der Waals surface area contributed by atoms with Crippen LogP contribution in [0.5, 0.6) is 0 Å². The highest BCUT2D eigenvalue weighted by molar-refractivity contribution is 7.10. The number of nitrogens with zero attached hydrogens (tertiary/aromatic N) is 3. The lowest BCUT2D eigenvalue weighted by molar-refractivity contribution is -0.132. The summed E-state index contributed by atoms with van der Waals surface area (Å²) in [4.78, 5) is 20.9. The molecule has 1 aromatic carbocycles. The highest BCUT2D eigenvalue weighted by atomic mass is 32.1. The second-order valence-corrected chi connectivity index (χ2v) is 7.98. The first-order chi connectivity index (χ1) is 12.2. The van der Waals surface area contributed by atoms with Gasteiger partial charge >= 0.3 is 0 Å². The topological polar surface area (TPSA) is 26.8 Å². The van der Waals surface area contributed by atoms with E-state index in [1.807, 2.05) is 16.2 Å². The van der Waals surface area contributed by atoms with Gasteiger partial charge < -0.3 is 9.80 Å². The van der Waals surface area contributed by atoms with Gasteiger partial charge in [0.05, 0.1) is 6.54 Å². The second-order valence-electron chi connectivity index (χ2n) is 6.98. The molecule has 4 nitrogen and oxygen atoms in total. The molecule has 1 aromatic heterocycles. The van der Waals surface area contributed by atoms with Crippen molar-refractivity contribution >= 4 is 22.9 Å². The van der Waals surface area contributed by atoms with Crippen LogP contribution >= 0.6 is 11.3 Å². The summed E-state index contributed by atoms with van der Waals surface area (Å²) in [7, 11) is 0. The number of aryl methyl sites for hydroxylation is 1. The van der Waals surface area contributed by atoms with Crippen molar-refractivity contribution in [1.82, 2.24) is 9.80 Å². The number of hydrogen-bond acceptors (Lipinski definition) is 4. The van der Waals surface area contributed by atoms with Gasteiger partial charge in [0.1, 0.15) is 0 Å². The molecule has 0 spiro atoms. The molecule has 0 unspecified atom stereocenters.